The first-order chi connectivity index (χ1) is 13.3. The Bertz CT molecular complexity index is 1100. The lowest BCUT2D eigenvalue weighted by Gasteiger charge is -2.14. The Kier molecular flexibility index (Phi) is 5.57. The first-order valence-electron chi connectivity index (χ1n) is 8.39. The van der Waals surface area contributed by atoms with Crippen LogP contribution >= 0.6 is 0 Å². The van der Waals surface area contributed by atoms with Crippen molar-refractivity contribution in [1.82, 2.24) is 19.4 Å². The van der Waals surface area contributed by atoms with Gasteiger partial charge in [0, 0.05) is 38.6 Å². The number of hydrogen-bond acceptors (Lipinski definition) is 4. The number of sulfonamides is 1. The zero-order chi connectivity index (χ0) is 20.3. The number of rotatable bonds is 6. The molecule has 1 heterocycles. The molecule has 0 bridgehead atoms. The van der Waals surface area contributed by atoms with E-state index in [9.17, 15) is 17.6 Å². The third kappa shape index (κ3) is 3.95. The molecule has 146 valence electrons. The van der Waals surface area contributed by atoms with Crippen molar-refractivity contribution < 1.29 is 17.6 Å². The molecule has 9 heteroatoms. The predicted octanol–water partition coefficient (Wildman–Crippen LogP) is 2.19. The highest BCUT2D eigenvalue weighted by Gasteiger charge is 2.23. The maximum absolute atomic E-state index is 14.0. The van der Waals surface area contributed by atoms with Gasteiger partial charge in [-0.25, -0.2) is 21.8 Å². The Labute approximate surface area is 162 Å². The Hall–Kier alpha value is -3.04. The number of para-hydroxylation sites is 1. The standard InChI is InChI=1S/C19H19FN4O3S/c1-23(2)28(26,27)18-12-14(8-9-16(18)20)19(25)21-13-15-6-3-4-7-17(15)24-11-5-10-22-24/h3-12H,13H2,1-2H3,(H,21,25). The number of carbonyl (C=O) groups is 1. The van der Waals surface area contributed by atoms with Crippen molar-refractivity contribution in [3.63, 3.8) is 0 Å². The molecule has 28 heavy (non-hydrogen) atoms. The summed E-state index contributed by atoms with van der Waals surface area (Å²) in [5.41, 5.74) is 1.68. The molecule has 0 aliphatic rings. The first-order valence-corrected chi connectivity index (χ1v) is 9.83. The van der Waals surface area contributed by atoms with E-state index in [4.69, 9.17) is 0 Å². The maximum Gasteiger partial charge on any atom is 0.251 e. The number of benzene rings is 2. The number of amides is 1. The molecule has 0 radical (unpaired) electrons. The summed E-state index contributed by atoms with van der Waals surface area (Å²) in [7, 11) is -1.40. The lowest BCUT2D eigenvalue weighted by molar-refractivity contribution is 0.0950. The maximum atomic E-state index is 14.0. The van der Waals surface area contributed by atoms with E-state index in [1.165, 1.54) is 20.2 Å². The largest absolute Gasteiger partial charge is 0.348 e. The van der Waals surface area contributed by atoms with Gasteiger partial charge >= 0.3 is 0 Å². The van der Waals surface area contributed by atoms with Gasteiger partial charge in [-0.05, 0) is 35.9 Å². The summed E-state index contributed by atoms with van der Waals surface area (Å²) >= 11 is 0. The van der Waals surface area contributed by atoms with Gasteiger partial charge in [0.15, 0.2) is 0 Å². The molecule has 1 aromatic heterocycles. The van der Waals surface area contributed by atoms with Gasteiger partial charge in [-0.2, -0.15) is 5.10 Å². The van der Waals surface area contributed by atoms with E-state index in [1.807, 2.05) is 24.3 Å². The molecule has 0 saturated carbocycles. The number of aromatic nitrogens is 2. The number of nitrogens with one attached hydrogen (secondary N) is 1. The van der Waals surface area contributed by atoms with E-state index in [2.05, 4.69) is 10.4 Å². The fourth-order valence-electron chi connectivity index (χ4n) is 2.61. The molecule has 0 fully saturated rings. The van der Waals surface area contributed by atoms with E-state index >= 15 is 0 Å². The SMILES string of the molecule is CN(C)S(=O)(=O)c1cc(C(=O)NCc2ccccc2-n2cccn2)ccc1F. The molecule has 0 atom stereocenters. The molecule has 3 aromatic rings. The van der Waals surface area contributed by atoms with Crippen LogP contribution in [-0.4, -0.2) is 42.5 Å². The van der Waals surface area contributed by atoms with Gasteiger partial charge in [0.25, 0.3) is 5.91 Å². The average Bonchev–Trinajstić information content (AvgIpc) is 3.21. The van der Waals surface area contributed by atoms with Gasteiger partial charge in [-0.1, -0.05) is 18.2 Å². The van der Waals surface area contributed by atoms with Crippen molar-refractivity contribution in [3.05, 3.63) is 77.9 Å². The quantitative estimate of drug-likeness (QED) is 0.685. The predicted molar refractivity (Wildman–Crippen MR) is 102 cm³/mol. The molecule has 1 amide bonds. The number of nitrogens with zero attached hydrogens (tertiary/aromatic N) is 3. The van der Waals surface area contributed by atoms with Crippen LogP contribution in [0.5, 0.6) is 0 Å². The van der Waals surface area contributed by atoms with Crippen LogP contribution in [0.25, 0.3) is 5.69 Å². The summed E-state index contributed by atoms with van der Waals surface area (Å²) < 4.78 is 41.0. The Morgan fingerprint density at radius 3 is 2.61 bits per heavy atom. The summed E-state index contributed by atoms with van der Waals surface area (Å²) in [4.78, 5) is 12.0. The van der Waals surface area contributed by atoms with Crippen LogP contribution in [0.2, 0.25) is 0 Å². The van der Waals surface area contributed by atoms with E-state index < -0.39 is 26.6 Å². The fraction of sp³-hybridized carbons (Fsp3) is 0.158. The minimum atomic E-state index is -4.00. The molecule has 0 spiro atoms. The minimum absolute atomic E-state index is 0.0541. The van der Waals surface area contributed by atoms with Crippen LogP contribution in [0, 0.1) is 5.82 Å². The van der Waals surface area contributed by atoms with Crippen molar-refractivity contribution in [1.29, 1.82) is 0 Å². The second-order valence-electron chi connectivity index (χ2n) is 6.19. The zero-order valence-corrected chi connectivity index (χ0v) is 16.1. The molecule has 0 aliphatic heterocycles. The van der Waals surface area contributed by atoms with Crippen molar-refractivity contribution in [2.45, 2.75) is 11.4 Å². The van der Waals surface area contributed by atoms with E-state index in [-0.39, 0.29) is 12.1 Å². The van der Waals surface area contributed by atoms with Crippen molar-refractivity contribution in [2.24, 2.45) is 0 Å². The lowest BCUT2D eigenvalue weighted by Crippen LogP contribution is -2.26. The molecular formula is C19H19FN4O3S. The van der Waals surface area contributed by atoms with Gasteiger partial charge in [-0.3, -0.25) is 4.79 Å². The third-order valence-corrected chi connectivity index (χ3v) is 5.96. The van der Waals surface area contributed by atoms with Crippen LogP contribution < -0.4 is 5.32 Å². The highest BCUT2D eigenvalue weighted by molar-refractivity contribution is 7.89. The number of halogens is 1. The van der Waals surface area contributed by atoms with Crippen molar-refractivity contribution >= 4 is 15.9 Å². The van der Waals surface area contributed by atoms with Gasteiger partial charge in [0.1, 0.15) is 10.7 Å². The van der Waals surface area contributed by atoms with Crippen LogP contribution in [0.4, 0.5) is 4.39 Å². The molecule has 0 unspecified atom stereocenters. The molecule has 1 N–H and O–H groups in total. The number of hydrogen-bond donors (Lipinski definition) is 1. The van der Waals surface area contributed by atoms with Crippen LogP contribution in [0.15, 0.2) is 65.8 Å². The second-order valence-corrected chi connectivity index (χ2v) is 8.31. The molecule has 2 aromatic carbocycles. The Morgan fingerprint density at radius 1 is 1.18 bits per heavy atom. The fourth-order valence-corrected chi connectivity index (χ4v) is 3.60. The highest BCUT2D eigenvalue weighted by atomic mass is 32.2. The van der Waals surface area contributed by atoms with Gasteiger partial charge in [-0.15, -0.1) is 0 Å². The van der Waals surface area contributed by atoms with Crippen LogP contribution in [-0.2, 0) is 16.6 Å². The summed E-state index contributed by atoms with van der Waals surface area (Å²) in [5, 5.41) is 6.92. The molecule has 7 nitrogen and oxygen atoms in total. The van der Waals surface area contributed by atoms with Crippen LogP contribution in [0.3, 0.4) is 0 Å². The normalized spacial score (nSPS) is 11.6. The second kappa shape index (κ2) is 7.91. The summed E-state index contributed by atoms with van der Waals surface area (Å²) in [5.74, 6) is -1.42. The van der Waals surface area contributed by atoms with Crippen LogP contribution in [0.1, 0.15) is 15.9 Å². The highest BCUT2D eigenvalue weighted by Crippen LogP contribution is 2.19. The zero-order valence-electron chi connectivity index (χ0n) is 15.3. The van der Waals surface area contributed by atoms with Gasteiger partial charge < -0.3 is 5.32 Å². The monoisotopic (exact) mass is 402 g/mol. The topological polar surface area (TPSA) is 84.3 Å². The smallest absolute Gasteiger partial charge is 0.251 e. The summed E-state index contributed by atoms with van der Waals surface area (Å²) in [6, 6.07) is 12.5. The van der Waals surface area contributed by atoms with Crippen molar-refractivity contribution in [3.8, 4) is 5.69 Å². The molecular weight excluding hydrogens is 383 g/mol. The van der Waals surface area contributed by atoms with Crippen molar-refractivity contribution in [2.75, 3.05) is 14.1 Å². The van der Waals surface area contributed by atoms with E-state index in [0.29, 0.717) is 0 Å². The molecule has 0 aliphatic carbocycles. The summed E-state index contributed by atoms with van der Waals surface area (Å²) in [6.07, 6.45) is 3.44. The lowest BCUT2D eigenvalue weighted by atomic mass is 10.1. The third-order valence-electron chi connectivity index (χ3n) is 4.13. The van der Waals surface area contributed by atoms with E-state index in [1.54, 1.807) is 23.1 Å². The first kappa shape index (κ1) is 19.7. The Morgan fingerprint density at radius 2 is 1.93 bits per heavy atom. The average molecular weight is 402 g/mol. The number of carbonyl (C=O) groups excluding carboxylic acids is 1. The van der Waals surface area contributed by atoms with E-state index in [0.717, 1.165) is 27.7 Å². The summed E-state index contributed by atoms with van der Waals surface area (Å²) in [6.45, 7) is 0.196. The van der Waals surface area contributed by atoms with Gasteiger partial charge in [0.2, 0.25) is 10.0 Å². The Balaban J connectivity index is 1.82. The molecule has 0 saturated heterocycles. The van der Waals surface area contributed by atoms with Gasteiger partial charge in [0.05, 0.1) is 5.69 Å². The minimum Gasteiger partial charge on any atom is -0.348 e. The molecule has 3 rings (SSSR count).